The lowest BCUT2D eigenvalue weighted by Crippen LogP contribution is -2.45. The molecule has 0 bridgehead atoms. The Hall–Kier alpha value is -1.36. The molecule has 1 saturated heterocycles. The first-order valence-corrected chi connectivity index (χ1v) is 7.58. The van der Waals surface area contributed by atoms with Gasteiger partial charge < -0.3 is 10.2 Å². The Labute approximate surface area is 116 Å². The molecule has 0 spiro atoms. The number of nitrogens with zero attached hydrogens (tertiary/aromatic N) is 1. The van der Waals surface area contributed by atoms with E-state index in [1.165, 1.54) is 9.75 Å². The Morgan fingerprint density at radius 3 is 2.79 bits per heavy atom. The van der Waals surface area contributed by atoms with Crippen LogP contribution in [0, 0.1) is 12.8 Å². The predicted octanol–water partition coefficient (Wildman–Crippen LogP) is 1.68. The average molecular weight is 278 g/mol. The quantitative estimate of drug-likeness (QED) is 0.914. The number of aryl methyl sites for hydroxylation is 1. The van der Waals surface area contributed by atoms with E-state index in [2.05, 4.69) is 24.4 Å². The van der Waals surface area contributed by atoms with Crippen LogP contribution in [-0.4, -0.2) is 29.3 Å². The summed E-state index contributed by atoms with van der Waals surface area (Å²) in [5.41, 5.74) is 0. The zero-order valence-corrected chi connectivity index (χ0v) is 11.8. The number of thiophene rings is 1. The summed E-state index contributed by atoms with van der Waals surface area (Å²) in [6.45, 7) is 3.23. The summed E-state index contributed by atoms with van der Waals surface area (Å²) in [6, 6.07) is 3.86. The molecular weight excluding hydrogens is 260 g/mol. The predicted molar refractivity (Wildman–Crippen MR) is 73.7 cm³/mol. The van der Waals surface area contributed by atoms with Crippen molar-refractivity contribution in [3.8, 4) is 0 Å². The zero-order valence-electron chi connectivity index (χ0n) is 11.0. The van der Waals surface area contributed by atoms with Gasteiger partial charge in [0.25, 0.3) is 0 Å². The van der Waals surface area contributed by atoms with Crippen LogP contribution in [0.4, 0.5) is 0 Å². The van der Waals surface area contributed by atoms with E-state index in [1.54, 1.807) is 11.3 Å². The molecule has 1 aliphatic carbocycles. The van der Waals surface area contributed by atoms with E-state index < -0.39 is 0 Å². The molecular formula is C14H18N2O2S. The van der Waals surface area contributed by atoms with Crippen LogP contribution < -0.4 is 5.32 Å². The van der Waals surface area contributed by atoms with Crippen LogP contribution in [0.5, 0.6) is 0 Å². The van der Waals surface area contributed by atoms with Crippen LogP contribution in [0.2, 0.25) is 0 Å². The van der Waals surface area contributed by atoms with Gasteiger partial charge in [0.05, 0.1) is 6.54 Å². The third kappa shape index (κ3) is 2.81. The first kappa shape index (κ1) is 12.7. The van der Waals surface area contributed by atoms with Crippen molar-refractivity contribution in [2.75, 3.05) is 6.54 Å². The molecule has 19 heavy (non-hydrogen) atoms. The maximum Gasteiger partial charge on any atom is 0.245 e. The highest BCUT2D eigenvalue weighted by Crippen LogP contribution is 2.34. The summed E-state index contributed by atoms with van der Waals surface area (Å²) in [5.74, 6) is 0.469. The van der Waals surface area contributed by atoms with Crippen molar-refractivity contribution in [2.24, 2.45) is 5.92 Å². The number of carbonyl (C=O) groups excluding carboxylic acids is 2. The van der Waals surface area contributed by atoms with E-state index in [0.29, 0.717) is 25.4 Å². The molecule has 4 nitrogen and oxygen atoms in total. The molecule has 1 unspecified atom stereocenters. The molecule has 2 fully saturated rings. The summed E-state index contributed by atoms with van der Waals surface area (Å²) in [7, 11) is 0. The SMILES string of the molecule is Cc1ccc(CN2CCC(=O)NC(C3CC3)C2=O)s1. The van der Waals surface area contributed by atoms with E-state index in [9.17, 15) is 9.59 Å². The number of carbonyl (C=O) groups is 2. The van der Waals surface area contributed by atoms with Gasteiger partial charge in [-0.15, -0.1) is 11.3 Å². The van der Waals surface area contributed by atoms with E-state index in [4.69, 9.17) is 0 Å². The molecule has 102 valence electrons. The van der Waals surface area contributed by atoms with Crippen molar-refractivity contribution in [2.45, 2.75) is 38.8 Å². The highest BCUT2D eigenvalue weighted by molar-refractivity contribution is 7.11. The number of rotatable bonds is 3. The lowest BCUT2D eigenvalue weighted by atomic mass is 10.1. The number of amides is 2. The van der Waals surface area contributed by atoms with Gasteiger partial charge in [-0.3, -0.25) is 9.59 Å². The monoisotopic (exact) mass is 278 g/mol. The van der Waals surface area contributed by atoms with Crippen molar-refractivity contribution in [1.82, 2.24) is 10.2 Å². The molecule has 1 N–H and O–H groups in total. The van der Waals surface area contributed by atoms with Crippen LogP contribution in [-0.2, 0) is 16.1 Å². The third-order valence-electron chi connectivity index (χ3n) is 3.74. The van der Waals surface area contributed by atoms with Crippen molar-refractivity contribution in [1.29, 1.82) is 0 Å². The van der Waals surface area contributed by atoms with Gasteiger partial charge in [-0.25, -0.2) is 0 Å². The molecule has 1 saturated carbocycles. The maximum absolute atomic E-state index is 12.5. The fourth-order valence-electron chi connectivity index (χ4n) is 2.51. The van der Waals surface area contributed by atoms with Gasteiger partial charge in [-0.05, 0) is 37.8 Å². The third-order valence-corrected chi connectivity index (χ3v) is 4.72. The van der Waals surface area contributed by atoms with Gasteiger partial charge in [0.1, 0.15) is 6.04 Å². The fourth-order valence-corrected chi connectivity index (χ4v) is 3.42. The molecule has 2 aliphatic rings. The second-order valence-electron chi connectivity index (χ2n) is 5.40. The largest absolute Gasteiger partial charge is 0.344 e. The first-order valence-electron chi connectivity index (χ1n) is 6.77. The van der Waals surface area contributed by atoms with Crippen molar-refractivity contribution in [3.63, 3.8) is 0 Å². The molecule has 0 radical (unpaired) electrons. The second kappa shape index (κ2) is 4.96. The molecule has 2 heterocycles. The Balaban J connectivity index is 1.75. The summed E-state index contributed by atoms with van der Waals surface area (Å²) in [4.78, 5) is 28.5. The molecule has 3 rings (SSSR count). The molecule has 0 aromatic carbocycles. The van der Waals surface area contributed by atoms with Crippen LogP contribution in [0.1, 0.15) is 29.0 Å². The van der Waals surface area contributed by atoms with E-state index in [0.717, 1.165) is 12.8 Å². The van der Waals surface area contributed by atoms with Crippen LogP contribution in [0.3, 0.4) is 0 Å². The minimum Gasteiger partial charge on any atom is -0.344 e. The highest BCUT2D eigenvalue weighted by Gasteiger charge is 2.40. The lowest BCUT2D eigenvalue weighted by Gasteiger charge is -2.23. The molecule has 1 atom stereocenters. The van der Waals surface area contributed by atoms with E-state index in [-0.39, 0.29) is 17.9 Å². The number of hydrogen-bond donors (Lipinski definition) is 1. The molecule has 1 aromatic rings. The van der Waals surface area contributed by atoms with Gasteiger partial charge in [-0.1, -0.05) is 0 Å². The summed E-state index contributed by atoms with van der Waals surface area (Å²) >= 11 is 1.72. The Bertz CT molecular complexity index is 507. The van der Waals surface area contributed by atoms with Crippen LogP contribution >= 0.6 is 11.3 Å². The van der Waals surface area contributed by atoms with E-state index in [1.807, 2.05) is 4.90 Å². The summed E-state index contributed by atoms with van der Waals surface area (Å²) < 4.78 is 0. The standard InChI is InChI=1S/C14H18N2O2S/c1-9-2-5-11(19-9)8-16-7-6-12(17)15-13(14(16)18)10-3-4-10/h2,5,10,13H,3-4,6-8H2,1H3,(H,15,17). The minimum atomic E-state index is -0.281. The van der Waals surface area contributed by atoms with Crippen molar-refractivity contribution in [3.05, 3.63) is 21.9 Å². The Morgan fingerprint density at radius 2 is 2.16 bits per heavy atom. The van der Waals surface area contributed by atoms with Gasteiger partial charge >= 0.3 is 0 Å². The van der Waals surface area contributed by atoms with Crippen molar-refractivity contribution >= 4 is 23.2 Å². The zero-order chi connectivity index (χ0) is 13.4. The van der Waals surface area contributed by atoms with Gasteiger partial charge in [0, 0.05) is 22.7 Å². The van der Waals surface area contributed by atoms with Crippen molar-refractivity contribution < 1.29 is 9.59 Å². The average Bonchev–Trinajstić information content (AvgIpc) is 3.14. The van der Waals surface area contributed by atoms with Gasteiger partial charge in [0.15, 0.2) is 0 Å². The Kier molecular flexibility index (Phi) is 3.31. The second-order valence-corrected chi connectivity index (χ2v) is 6.78. The van der Waals surface area contributed by atoms with E-state index >= 15 is 0 Å². The van der Waals surface area contributed by atoms with Crippen LogP contribution in [0.15, 0.2) is 12.1 Å². The number of hydrogen-bond acceptors (Lipinski definition) is 3. The smallest absolute Gasteiger partial charge is 0.245 e. The lowest BCUT2D eigenvalue weighted by molar-refractivity contribution is -0.134. The summed E-state index contributed by atoms with van der Waals surface area (Å²) in [5, 5.41) is 2.88. The normalized spacial score (nSPS) is 24.3. The summed E-state index contributed by atoms with van der Waals surface area (Å²) in [6.07, 6.45) is 2.53. The fraction of sp³-hybridized carbons (Fsp3) is 0.571. The topological polar surface area (TPSA) is 49.4 Å². The first-order chi connectivity index (χ1) is 9.13. The van der Waals surface area contributed by atoms with Crippen LogP contribution in [0.25, 0.3) is 0 Å². The molecule has 1 aliphatic heterocycles. The van der Waals surface area contributed by atoms with Gasteiger partial charge in [-0.2, -0.15) is 0 Å². The van der Waals surface area contributed by atoms with Gasteiger partial charge in [0.2, 0.25) is 11.8 Å². The Morgan fingerprint density at radius 1 is 1.37 bits per heavy atom. The molecule has 1 aromatic heterocycles. The minimum absolute atomic E-state index is 0.00936. The maximum atomic E-state index is 12.5. The molecule has 5 heteroatoms. The molecule has 2 amide bonds. The number of nitrogens with one attached hydrogen (secondary N) is 1. The highest BCUT2D eigenvalue weighted by atomic mass is 32.1.